The molecule has 0 fully saturated rings. The molecule has 0 radical (unpaired) electrons. The van der Waals surface area contributed by atoms with Gasteiger partial charge in [-0.05, 0) is 38.5 Å². The maximum atomic E-state index is 3.72. The maximum Gasteiger partial charge on any atom is 0.00717 e. The first kappa shape index (κ1) is 17.5. The number of hydrogen-bond acceptors (Lipinski definition) is 0. The van der Waals surface area contributed by atoms with Crippen LogP contribution in [0.15, 0.2) is 72.4 Å². The molecule has 0 saturated carbocycles. The van der Waals surface area contributed by atoms with E-state index in [9.17, 15) is 0 Å². The van der Waals surface area contributed by atoms with Crippen molar-refractivity contribution in [2.45, 2.75) is 47.0 Å². The number of hydrogen-bond donors (Lipinski definition) is 0. The zero-order valence-corrected chi connectivity index (χ0v) is 14.1. The summed E-state index contributed by atoms with van der Waals surface area (Å²) in [5.41, 5.74) is 3.18. The van der Waals surface area contributed by atoms with Crippen LogP contribution in [0, 0.1) is 11.3 Å². The third-order valence-corrected chi connectivity index (χ3v) is 4.34. The van der Waals surface area contributed by atoms with E-state index < -0.39 is 0 Å². The Morgan fingerprint density at radius 1 is 1.29 bits per heavy atom. The van der Waals surface area contributed by atoms with Crippen molar-refractivity contribution in [2.24, 2.45) is 11.3 Å². The second-order valence-corrected chi connectivity index (χ2v) is 6.06. The van der Waals surface area contributed by atoms with Gasteiger partial charge in [0.2, 0.25) is 0 Å². The molecule has 0 heteroatoms. The summed E-state index contributed by atoms with van der Waals surface area (Å²) in [4.78, 5) is 0. The lowest BCUT2D eigenvalue weighted by atomic mass is 9.66. The van der Waals surface area contributed by atoms with Gasteiger partial charge in [-0.25, -0.2) is 0 Å². The molecule has 1 rings (SSSR count). The second kappa shape index (κ2) is 8.67. The molecule has 0 amide bonds. The summed E-state index contributed by atoms with van der Waals surface area (Å²) in [6, 6.07) is 0. The smallest absolute Gasteiger partial charge is 0.00717 e. The molecule has 0 heterocycles. The highest BCUT2D eigenvalue weighted by atomic mass is 14.4. The van der Waals surface area contributed by atoms with Crippen molar-refractivity contribution < 1.29 is 0 Å². The number of allylic oxidation sites excluding steroid dienone is 11. The minimum absolute atomic E-state index is 0.225. The van der Waals surface area contributed by atoms with E-state index in [-0.39, 0.29) is 5.41 Å². The van der Waals surface area contributed by atoms with Crippen LogP contribution in [0.2, 0.25) is 0 Å². The molecule has 0 saturated heterocycles. The van der Waals surface area contributed by atoms with Gasteiger partial charge in [-0.3, -0.25) is 0 Å². The second-order valence-electron chi connectivity index (χ2n) is 6.06. The molecule has 2 unspecified atom stereocenters. The van der Waals surface area contributed by atoms with Crippen LogP contribution in [0.1, 0.15) is 47.0 Å². The Kier molecular flexibility index (Phi) is 7.22. The molecule has 0 aromatic rings. The van der Waals surface area contributed by atoms with Gasteiger partial charge >= 0.3 is 0 Å². The van der Waals surface area contributed by atoms with E-state index in [0.717, 1.165) is 19.3 Å². The Hall–Kier alpha value is -1.56. The summed E-state index contributed by atoms with van der Waals surface area (Å²) in [5, 5.41) is 0. The first-order valence-electron chi connectivity index (χ1n) is 8.04. The van der Waals surface area contributed by atoms with Crippen molar-refractivity contribution >= 4 is 0 Å². The van der Waals surface area contributed by atoms with Crippen molar-refractivity contribution in [2.75, 3.05) is 0 Å². The topological polar surface area (TPSA) is 0 Å². The van der Waals surface area contributed by atoms with Gasteiger partial charge in [-0.1, -0.05) is 86.3 Å². The molecular formula is C21H30. The molecule has 0 nitrogen and oxygen atoms in total. The lowest BCUT2D eigenvalue weighted by Gasteiger charge is -2.38. The minimum atomic E-state index is 0.225. The predicted molar refractivity (Wildman–Crippen MR) is 96.3 cm³/mol. The molecule has 2 atom stereocenters. The van der Waals surface area contributed by atoms with Gasteiger partial charge in [0.1, 0.15) is 0 Å². The van der Waals surface area contributed by atoms with E-state index in [2.05, 4.69) is 76.8 Å². The maximum absolute atomic E-state index is 3.72. The SMILES string of the molecule is C=C/C=C\C=C/C1C(CCC=CC)=CC(C)=CC1(C)CC. The summed E-state index contributed by atoms with van der Waals surface area (Å²) in [5.74, 6) is 0.492. The summed E-state index contributed by atoms with van der Waals surface area (Å²) in [6.07, 6.45) is 23.0. The molecule has 0 N–H and O–H groups in total. The van der Waals surface area contributed by atoms with Crippen molar-refractivity contribution in [1.29, 1.82) is 0 Å². The van der Waals surface area contributed by atoms with Gasteiger partial charge in [0.05, 0.1) is 0 Å². The highest BCUT2D eigenvalue weighted by Gasteiger charge is 2.33. The predicted octanol–water partition coefficient (Wildman–Crippen LogP) is 6.56. The van der Waals surface area contributed by atoms with Crippen LogP contribution in [-0.2, 0) is 0 Å². The summed E-state index contributed by atoms with van der Waals surface area (Å²) >= 11 is 0. The van der Waals surface area contributed by atoms with Crippen molar-refractivity contribution in [3.05, 3.63) is 72.4 Å². The molecular weight excluding hydrogens is 252 g/mol. The zero-order valence-electron chi connectivity index (χ0n) is 14.1. The van der Waals surface area contributed by atoms with Crippen LogP contribution in [0.25, 0.3) is 0 Å². The first-order valence-corrected chi connectivity index (χ1v) is 8.04. The molecule has 114 valence electrons. The average molecular weight is 282 g/mol. The molecule has 1 aliphatic carbocycles. The molecule has 21 heavy (non-hydrogen) atoms. The third-order valence-electron chi connectivity index (χ3n) is 4.34. The summed E-state index contributed by atoms with van der Waals surface area (Å²) < 4.78 is 0. The first-order chi connectivity index (χ1) is 10.1. The van der Waals surface area contributed by atoms with Crippen molar-refractivity contribution in [3.8, 4) is 0 Å². The van der Waals surface area contributed by atoms with Gasteiger partial charge in [0.15, 0.2) is 0 Å². The Bertz CT molecular complexity index is 482. The minimum Gasteiger partial charge on any atom is -0.0991 e. The van der Waals surface area contributed by atoms with E-state index >= 15 is 0 Å². The zero-order chi connectivity index (χ0) is 15.7. The molecule has 0 aromatic carbocycles. The highest BCUT2D eigenvalue weighted by Crippen LogP contribution is 2.44. The lowest BCUT2D eigenvalue weighted by molar-refractivity contribution is 0.319. The van der Waals surface area contributed by atoms with Crippen molar-refractivity contribution in [1.82, 2.24) is 0 Å². The molecule has 1 aliphatic rings. The Morgan fingerprint density at radius 2 is 2.05 bits per heavy atom. The van der Waals surface area contributed by atoms with E-state index in [1.165, 1.54) is 5.57 Å². The van der Waals surface area contributed by atoms with Crippen LogP contribution >= 0.6 is 0 Å². The van der Waals surface area contributed by atoms with Gasteiger partial charge in [-0.2, -0.15) is 0 Å². The fraction of sp³-hybridized carbons (Fsp3) is 0.429. The average Bonchev–Trinajstić information content (AvgIpc) is 2.45. The quantitative estimate of drug-likeness (QED) is 0.366. The Morgan fingerprint density at radius 3 is 2.67 bits per heavy atom. The van der Waals surface area contributed by atoms with E-state index in [4.69, 9.17) is 0 Å². The van der Waals surface area contributed by atoms with Crippen LogP contribution in [0.4, 0.5) is 0 Å². The van der Waals surface area contributed by atoms with Gasteiger partial charge in [0.25, 0.3) is 0 Å². The van der Waals surface area contributed by atoms with E-state index in [1.807, 2.05) is 12.2 Å². The molecule has 0 aliphatic heterocycles. The van der Waals surface area contributed by atoms with Crippen LogP contribution in [-0.4, -0.2) is 0 Å². The molecule has 0 bridgehead atoms. The molecule has 0 aromatic heterocycles. The molecule has 0 spiro atoms. The lowest BCUT2D eigenvalue weighted by Crippen LogP contribution is -2.27. The van der Waals surface area contributed by atoms with Crippen LogP contribution < -0.4 is 0 Å². The monoisotopic (exact) mass is 282 g/mol. The normalized spacial score (nSPS) is 26.6. The number of rotatable bonds is 7. The van der Waals surface area contributed by atoms with Crippen LogP contribution in [0.3, 0.4) is 0 Å². The fourth-order valence-electron chi connectivity index (χ4n) is 3.09. The summed E-state index contributed by atoms with van der Waals surface area (Å²) in [7, 11) is 0. The highest BCUT2D eigenvalue weighted by molar-refractivity contribution is 5.36. The summed E-state index contributed by atoms with van der Waals surface area (Å²) in [6.45, 7) is 12.7. The fourth-order valence-corrected chi connectivity index (χ4v) is 3.09. The Balaban J connectivity index is 3.02. The van der Waals surface area contributed by atoms with Crippen molar-refractivity contribution in [3.63, 3.8) is 0 Å². The van der Waals surface area contributed by atoms with E-state index in [0.29, 0.717) is 5.92 Å². The standard InChI is InChI=1S/C21H30/c1-6-9-11-13-15-20-19(14-12-10-7-2)16-18(4)17-21(20,5)8-3/h6-7,9-11,13,15-17,20H,1,8,12,14H2,2-5H3/b10-7?,11-9-,15-13-. The third kappa shape index (κ3) is 5.04. The van der Waals surface area contributed by atoms with Crippen LogP contribution in [0.5, 0.6) is 0 Å². The largest absolute Gasteiger partial charge is 0.0991 e. The van der Waals surface area contributed by atoms with E-state index in [1.54, 1.807) is 5.57 Å². The van der Waals surface area contributed by atoms with Gasteiger partial charge in [-0.15, -0.1) is 0 Å². The Labute approximate surface area is 131 Å². The van der Waals surface area contributed by atoms with Gasteiger partial charge < -0.3 is 0 Å². The van der Waals surface area contributed by atoms with Gasteiger partial charge in [0, 0.05) is 5.92 Å².